The summed E-state index contributed by atoms with van der Waals surface area (Å²) in [5.74, 6) is 1.77. The van der Waals surface area contributed by atoms with Crippen LogP contribution in [0.4, 0.5) is 10.3 Å². The third-order valence-corrected chi connectivity index (χ3v) is 6.05. The summed E-state index contributed by atoms with van der Waals surface area (Å²) in [4.78, 5) is 16.6. The monoisotopic (exact) mass is 423 g/mol. The first-order valence-electron chi connectivity index (χ1n) is 7.78. The van der Waals surface area contributed by atoms with Crippen LogP contribution in [0.3, 0.4) is 0 Å². The molecule has 0 atom stereocenters. The number of nitrogens with zero attached hydrogens (tertiary/aromatic N) is 3. The summed E-state index contributed by atoms with van der Waals surface area (Å²) in [5, 5.41) is 13.3. The molecule has 2 heterocycles. The molecule has 0 aliphatic heterocycles. The second-order valence-corrected chi connectivity index (χ2v) is 8.37. The first kappa shape index (κ1) is 19.4. The van der Waals surface area contributed by atoms with Gasteiger partial charge in [0.2, 0.25) is 11.0 Å². The van der Waals surface area contributed by atoms with E-state index < -0.39 is 0 Å². The molecular formula is C16H17N5O3S3. The molecule has 0 fully saturated rings. The highest BCUT2D eigenvalue weighted by molar-refractivity contribution is 8.01. The molecular weight excluding hydrogens is 406 g/mol. The van der Waals surface area contributed by atoms with Gasteiger partial charge in [-0.3, -0.25) is 4.79 Å². The Balaban J connectivity index is 1.56. The van der Waals surface area contributed by atoms with Crippen LogP contribution in [0.15, 0.2) is 27.9 Å². The lowest BCUT2D eigenvalue weighted by atomic mass is 10.1. The molecule has 1 aromatic carbocycles. The Kier molecular flexibility index (Phi) is 6.48. The minimum atomic E-state index is -0.104. The van der Waals surface area contributed by atoms with Crippen LogP contribution in [-0.2, 0) is 4.79 Å². The number of hydrogen-bond donors (Lipinski definition) is 2. The fourth-order valence-electron chi connectivity index (χ4n) is 2.15. The highest BCUT2D eigenvalue weighted by Gasteiger charge is 2.11. The Labute approximate surface area is 168 Å². The van der Waals surface area contributed by atoms with Gasteiger partial charge in [0.15, 0.2) is 21.0 Å². The van der Waals surface area contributed by atoms with Gasteiger partial charge in [-0.1, -0.05) is 23.1 Å². The third-order valence-electron chi connectivity index (χ3n) is 3.41. The maximum absolute atomic E-state index is 12.1. The Morgan fingerprint density at radius 3 is 2.78 bits per heavy atom. The summed E-state index contributed by atoms with van der Waals surface area (Å²) in [5.41, 5.74) is 7.17. The minimum absolute atomic E-state index is 0.104. The maximum atomic E-state index is 12.1. The minimum Gasteiger partial charge on any atom is -0.493 e. The molecule has 3 rings (SSSR count). The fraction of sp³-hybridized carbons (Fsp3) is 0.250. The lowest BCUT2D eigenvalue weighted by Gasteiger charge is -2.08. The zero-order chi connectivity index (χ0) is 19.2. The number of thioether (sulfide) groups is 1. The van der Waals surface area contributed by atoms with Crippen LogP contribution in [0.5, 0.6) is 11.5 Å². The average molecular weight is 424 g/mol. The van der Waals surface area contributed by atoms with Crippen molar-refractivity contribution in [3.8, 4) is 22.8 Å². The summed E-state index contributed by atoms with van der Waals surface area (Å²) in [6.07, 6.45) is 0.343. The largest absolute Gasteiger partial charge is 0.493 e. The first-order chi connectivity index (χ1) is 13.1. The number of ether oxygens (including phenoxy) is 2. The molecule has 8 nitrogen and oxygen atoms in total. The lowest BCUT2D eigenvalue weighted by Crippen LogP contribution is -2.11. The number of carbonyl (C=O) groups is 1. The molecule has 0 saturated carbocycles. The molecule has 0 saturated heterocycles. The summed E-state index contributed by atoms with van der Waals surface area (Å²) >= 11 is 4.13. The summed E-state index contributed by atoms with van der Waals surface area (Å²) in [6, 6.07) is 5.57. The fourth-order valence-corrected chi connectivity index (χ4v) is 4.53. The zero-order valence-corrected chi connectivity index (χ0v) is 17.0. The highest BCUT2D eigenvalue weighted by atomic mass is 32.2. The van der Waals surface area contributed by atoms with Crippen LogP contribution in [0.1, 0.15) is 6.42 Å². The van der Waals surface area contributed by atoms with Crippen LogP contribution >= 0.6 is 34.4 Å². The van der Waals surface area contributed by atoms with E-state index in [0.29, 0.717) is 33.9 Å². The van der Waals surface area contributed by atoms with Gasteiger partial charge in [-0.15, -0.1) is 21.5 Å². The topological polar surface area (TPSA) is 112 Å². The maximum Gasteiger partial charge on any atom is 0.226 e. The number of benzene rings is 1. The zero-order valence-electron chi connectivity index (χ0n) is 14.6. The summed E-state index contributed by atoms with van der Waals surface area (Å²) in [7, 11) is 3.18. The van der Waals surface area contributed by atoms with Crippen molar-refractivity contribution >= 4 is 50.6 Å². The van der Waals surface area contributed by atoms with Crippen molar-refractivity contribution in [2.75, 3.05) is 31.0 Å². The molecule has 0 radical (unpaired) electrons. The van der Waals surface area contributed by atoms with Gasteiger partial charge in [-0.25, -0.2) is 4.98 Å². The van der Waals surface area contributed by atoms with E-state index in [1.165, 1.54) is 34.4 Å². The van der Waals surface area contributed by atoms with E-state index in [9.17, 15) is 4.79 Å². The van der Waals surface area contributed by atoms with Crippen molar-refractivity contribution in [2.45, 2.75) is 10.8 Å². The normalized spacial score (nSPS) is 10.6. The Bertz CT molecular complexity index is 928. The number of hydrogen-bond acceptors (Lipinski definition) is 10. The van der Waals surface area contributed by atoms with Gasteiger partial charge in [-0.2, -0.15) is 0 Å². The number of nitrogens with one attached hydrogen (secondary N) is 1. The van der Waals surface area contributed by atoms with Gasteiger partial charge in [0, 0.05) is 23.1 Å². The van der Waals surface area contributed by atoms with Crippen LogP contribution in [0.2, 0.25) is 0 Å². The Morgan fingerprint density at radius 2 is 2.07 bits per heavy atom. The van der Waals surface area contributed by atoms with Gasteiger partial charge in [0.1, 0.15) is 0 Å². The SMILES string of the molecule is COc1ccc(-c2csc(NC(=O)CCSc3nnc(N)s3)n2)cc1OC. The number of amides is 1. The van der Waals surface area contributed by atoms with Gasteiger partial charge < -0.3 is 20.5 Å². The van der Waals surface area contributed by atoms with Crippen molar-refractivity contribution in [1.29, 1.82) is 0 Å². The molecule has 0 aliphatic rings. The van der Waals surface area contributed by atoms with Crippen molar-refractivity contribution < 1.29 is 14.3 Å². The predicted molar refractivity (Wildman–Crippen MR) is 109 cm³/mol. The quantitative estimate of drug-likeness (QED) is 0.530. The molecule has 3 N–H and O–H groups in total. The van der Waals surface area contributed by atoms with E-state index in [1.807, 2.05) is 23.6 Å². The van der Waals surface area contributed by atoms with Gasteiger partial charge in [-0.05, 0) is 18.2 Å². The van der Waals surface area contributed by atoms with Crippen LogP contribution in [0, 0.1) is 0 Å². The second kappa shape index (κ2) is 9.02. The molecule has 0 aliphatic carbocycles. The van der Waals surface area contributed by atoms with E-state index in [1.54, 1.807) is 14.2 Å². The molecule has 0 unspecified atom stereocenters. The molecule has 3 aromatic rings. The number of methoxy groups -OCH3 is 2. The van der Waals surface area contributed by atoms with Crippen LogP contribution < -0.4 is 20.5 Å². The second-order valence-electron chi connectivity index (χ2n) is 5.16. The Morgan fingerprint density at radius 1 is 1.26 bits per heavy atom. The van der Waals surface area contributed by atoms with E-state index in [4.69, 9.17) is 15.2 Å². The smallest absolute Gasteiger partial charge is 0.226 e. The number of aromatic nitrogens is 3. The van der Waals surface area contributed by atoms with Gasteiger partial charge >= 0.3 is 0 Å². The van der Waals surface area contributed by atoms with E-state index in [-0.39, 0.29) is 5.91 Å². The van der Waals surface area contributed by atoms with Crippen LogP contribution in [0.25, 0.3) is 11.3 Å². The van der Waals surface area contributed by atoms with E-state index in [2.05, 4.69) is 20.5 Å². The molecule has 0 bridgehead atoms. The Hall–Kier alpha value is -2.37. The molecule has 1 amide bonds. The average Bonchev–Trinajstić information content (AvgIpc) is 3.30. The van der Waals surface area contributed by atoms with Gasteiger partial charge in [0.25, 0.3) is 0 Å². The van der Waals surface area contributed by atoms with Gasteiger partial charge in [0.05, 0.1) is 19.9 Å². The number of carbonyl (C=O) groups excluding carboxylic acids is 1. The van der Waals surface area contributed by atoms with Crippen molar-refractivity contribution in [1.82, 2.24) is 15.2 Å². The number of rotatable bonds is 8. The van der Waals surface area contributed by atoms with Crippen molar-refractivity contribution in [3.05, 3.63) is 23.6 Å². The van der Waals surface area contributed by atoms with Crippen molar-refractivity contribution in [3.63, 3.8) is 0 Å². The van der Waals surface area contributed by atoms with E-state index >= 15 is 0 Å². The molecule has 0 spiro atoms. The molecule has 142 valence electrons. The van der Waals surface area contributed by atoms with Crippen molar-refractivity contribution in [2.24, 2.45) is 0 Å². The van der Waals surface area contributed by atoms with Crippen LogP contribution in [-0.4, -0.2) is 41.1 Å². The van der Waals surface area contributed by atoms with E-state index in [0.717, 1.165) is 15.6 Å². The summed E-state index contributed by atoms with van der Waals surface area (Å²) in [6.45, 7) is 0. The molecule has 27 heavy (non-hydrogen) atoms. The number of anilines is 2. The number of nitrogen functional groups attached to an aromatic ring is 1. The number of nitrogens with two attached hydrogens (primary N) is 1. The highest BCUT2D eigenvalue weighted by Crippen LogP contribution is 2.33. The predicted octanol–water partition coefficient (Wildman–Crippen LogP) is 3.38. The summed E-state index contributed by atoms with van der Waals surface area (Å²) < 4.78 is 11.3. The standard InChI is InChI=1S/C16H17N5O3S3/c1-23-11-4-3-9(7-12(11)24-2)10-8-26-15(18-10)19-13(22)5-6-25-16-21-20-14(17)27-16/h3-4,7-8H,5-6H2,1-2H3,(H2,17,20)(H,18,19,22). The lowest BCUT2D eigenvalue weighted by molar-refractivity contribution is -0.115. The molecule has 11 heteroatoms. The number of thiazole rings is 1. The molecule has 2 aromatic heterocycles. The third kappa shape index (κ3) is 5.08. The first-order valence-corrected chi connectivity index (χ1v) is 10.5.